The van der Waals surface area contributed by atoms with Crippen LogP contribution in [0.2, 0.25) is 0 Å². The molecule has 0 atom stereocenters. The number of aryl methyl sites for hydroxylation is 2. The Morgan fingerprint density at radius 2 is 2.04 bits per heavy atom. The third-order valence-corrected chi connectivity index (χ3v) is 5.72. The first-order valence-corrected chi connectivity index (χ1v) is 10.4. The SMILES string of the molecule is CCCCc1cc(SCC2CCN(C(=O)OC(C)(C)C)CC2)n(C)n1. The van der Waals surface area contributed by atoms with Gasteiger partial charge in [-0.25, -0.2) is 4.79 Å². The number of piperidine rings is 1. The molecule has 0 radical (unpaired) electrons. The summed E-state index contributed by atoms with van der Waals surface area (Å²) in [6, 6.07) is 2.23. The molecule has 5 nitrogen and oxygen atoms in total. The van der Waals surface area contributed by atoms with Crippen LogP contribution in [0.4, 0.5) is 4.79 Å². The van der Waals surface area contributed by atoms with Gasteiger partial charge in [-0.1, -0.05) is 13.3 Å². The van der Waals surface area contributed by atoms with Gasteiger partial charge in [0.25, 0.3) is 0 Å². The lowest BCUT2D eigenvalue weighted by Crippen LogP contribution is -2.42. The van der Waals surface area contributed by atoms with Gasteiger partial charge in [0.1, 0.15) is 5.60 Å². The molecule has 0 unspecified atom stereocenters. The summed E-state index contributed by atoms with van der Waals surface area (Å²) in [7, 11) is 2.03. The standard InChI is InChI=1S/C19H33N3O2S/c1-6-7-8-16-13-17(21(5)20-16)25-14-15-9-11-22(12-10-15)18(23)24-19(2,3)4/h13,15H,6-12,14H2,1-5H3. The number of hydrogen-bond acceptors (Lipinski definition) is 4. The molecule has 0 saturated carbocycles. The first kappa shape index (κ1) is 20.1. The smallest absolute Gasteiger partial charge is 0.410 e. The number of unbranched alkanes of at least 4 members (excludes halogenated alkanes) is 1. The summed E-state index contributed by atoms with van der Waals surface area (Å²) in [4.78, 5) is 14.0. The number of thioether (sulfide) groups is 1. The molecule has 1 aromatic rings. The molecule has 1 aliphatic rings. The fourth-order valence-corrected chi connectivity index (χ4v) is 4.12. The van der Waals surface area contributed by atoms with E-state index in [2.05, 4.69) is 18.1 Å². The van der Waals surface area contributed by atoms with Gasteiger partial charge in [0.2, 0.25) is 0 Å². The third-order valence-electron chi connectivity index (χ3n) is 4.41. The van der Waals surface area contributed by atoms with Crippen LogP contribution in [0.1, 0.15) is 59.1 Å². The van der Waals surface area contributed by atoms with E-state index in [-0.39, 0.29) is 6.09 Å². The largest absolute Gasteiger partial charge is 0.444 e. The minimum absolute atomic E-state index is 0.175. The van der Waals surface area contributed by atoms with Gasteiger partial charge in [0.05, 0.1) is 10.7 Å². The van der Waals surface area contributed by atoms with Crippen molar-refractivity contribution in [2.75, 3.05) is 18.8 Å². The van der Waals surface area contributed by atoms with Gasteiger partial charge in [-0.15, -0.1) is 11.8 Å². The highest BCUT2D eigenvalue weighted by molar-refractivity contribution is 7.99. The molecule has 0 N–H and O–H groups in total. The van der Waals surface area contributed by atoms with Gasteiger partial charge in [-0.05, 0) is 58.4 Å². The van der Waals surface area contributed by atoms with Crippen molar-refractivity contribution in [2.24, 2.45) is 13.0 Å². The molecule has 0 spiro atoms. The summed E-state index contributed by atoms with van der Waals surface area (Å²) < 4.78 is 7.47. The fourth-order valence-electron chi connectivity index (χ4n) is 2.93. The number of amides is 1. The van der Waals surface area contributed by atoms with Crippen molar-refractivity contribution >= 4 is 17.9 Å². The second-order valence-electron chi connectivity index (χ2n) is 7.92. The van der Waals surface area contributed by atoms with Gasteiger partial charge in [0, 0.05) is 25.9 Å². The normalized spacial score (nSPS) is 16.3. The highest BCUT2D eigenvalue weighted by atomic mass is 32.2. The molecule has 0 bridgehead atoms. The van der Waals surface area contributed by atoms with E-state index < -0.39 is 5.60 Å². The van der Waals surface area contributed by atoms with Crippen LogP contribution in [-0.4, -0.2) is 45.2 Å². The van der Waals surface area contributed by atoms with Gasteiger partial charge in [-0.2, -0.15) is 5.10 Å². The summed E-state index contributed by atoms with van der Waals surface area (Å²) >= 11 is 1.89. The summed E-state index contributed by atoms with van der Waals surface area (Å²) in [6.07, 6.45) is 5.39. The molecular formula is C19H33N3O2S. The minimum atomic E-state index is -0.418. The first-order chi connectivity index (χ1) is 11.8. The summed E-state index contributed by atoms with van der Waals surface area (Å²) in [5.74, 6) is 1.74. The molecule has 25 heavy (non-hydrogen) atoms. The lowest BCUT2D eigenvalue weighted by molar-refractivity contribution is 0.0191. The van der Waals surface area contributed by atoms with Crippen molar-refractivity contribution in [3.05, 3.63) is 11.8 Å². The van der Waals surface area contributed by atoms with Gasteiger partial charge < -0.3 is 9.64 Å². The van der Waals surface area contributed by atoms with E-state index in [1.165, 1.54) is 23.6 Å². The van der Waals surface area contributed by atoms with Crippen molar-refractivity contribution in [1.29, 1.82) is 0 Å². The zero-order chi connectivity index (χ0) is 18.4. The Morgan fingerprint density at radius 3 is 2.64 bits per heavy atom. The number of carbonyl (C=O) groups is 1. The van der Waals surface area contributed by atoms with E-state index in [4.69, 9.17) is 4.74 Å². The molecule has 2 heterocycles. The molecule has 1 saturated heterocycles. The lowest BCUT2D eigenvalue weighted by atomic mass is 9.99. The van der Waals surface area contributed by atoms with E-state index in [1.807, 2.05) is 49.2 Å². The fraction of sp³-hybridized carbons (Fsp3) is 0.789. The Labute approximate surface area is 156 Å². The quantitative estimate of drug-likeness (QED) is 0.695. The average molecular weight is 368 g/mol. The van der Waals surface area contributed by atoms with E-state index >= 15 is 0 Å². The van der Waals surface area contributed by atoms with Crippen molar-refractivity contribution in [3.8, 4) is 0 Å². The molecule has 1 aromatic heterocycles. The number of rotatable bonds is 6. The van der Waals surface area contributed by atoms with E-state index in [9.17, 15) is 4.79 Å². The van der Waals surface area contributed by atoms with Gasteiger partial charge in [-0.3, -0.25) is 4.68 Å². The molecule has 6 heteroatoms. The molecule has 2 rings (SSSR count). The Morgan fingerprint density at radius 1 is 1.36 bits per heavy atom. The van der Waals surface area contributed by atoms with Crippen molar-refractivity contribution in [2.45, 2.75) is 70.4 Å². The second-order valence-corrected chi connectivity index (χ2v) is 8.96. The Balaban J connectivity index is 1.75. The number of ether oxygens (including phenoxy) is 1. The maximum Gasteiger partial charge on any atom is 0.410 e. The van der Waals surface area contributed by atoms with Crippen LogP contribution in [0.3, 0.4) is 0 Å². The predicted molar refractivity (Wildman–Crippen MR) is 103 cm³/mol. The molecule has 0 aliphatic carbocycles. The number of likely N-dealkylation sites (tertiary alicyclic amines) is 1. The maximum absolute atomic E-state index is 12.1. The predicted octanol–water partition coefficient (Wildman–Crippen LogP) is 4.50. The average Bonchev–Trinajstić information content (AvgIpc) is 2.90. The first-order valence-electron chi connectivity index (χ1n) is 9.42. The monoisotopic (exact) mass is 367 g/mol. The van der Waals surface area contributed by atoms with Crippen LogP contribution in [0.15, 0.2) is 11.1 Å². The number of hydrogen-bond donors (Lipinski definition) is 0. The van der Waals surface area contributed by atoms with Gasteiger partial charge in [0.15, 0.2) is 0 Å². The van der Waals surface area contributed by atoms with E-state index in [0.717, 1.165) is 38.1 Å². The maximum atomic E-state index is 12.1. The number of carbonyl (C=O) groups excluding carboxylic acids is 1. The highest BCUT2D eigenvalue weighted by Crippen LogP contribution is 2.27. The molecular weight excluding hydrogens is 334 g/mol. The van der Waals surface area contributed by atoms with E-state index in [0.29, 0.717) is 5.92 Å². The minimum Gasteiger partial charge on any atom is -0.444 e. The topological polar surface area (TPSA) is 47.4 Å². The molecule has 1 amide bonds. The summed E-state index contributed by atoms with van der Waals surface area (Å²) in [5.41, 5.74) is 0.783. The van der Waals surface area contributed by atoms with Crippen molar-refractivity contribution in [1.82, 2.24) is 14.7 Å². The number of aromatic nitrogens is 2. The Bertz CT molecular complexity index is 558. The second kappa shape index (κ2) is 8.97. The molecule has 142 valence electrons. The van der Waals surface area contributed by atoms with Crippen LogP contribution in [0.5, 0.6) is 0 Å². The lowest BCUT2D eigenvalue weighted by Gasteiger charge is -2.33. The molecule has 1 fully saturated rings. The van der Waals surface area contributed by atoms with Crippen LogP contribution in [0.25, 0.3) is 0 Å². The van der Waals surface area contributed by atoms with Crippen LogP contribution in [-0.2, 0) is 18.2 Å². The van der Waals surface area contributed by atoms with Crippen molar-refractivity contribution in [3.63, 3.8) is 0 Å². The van der Waals surface area contributed by atoms with Crippen LogP contribution in [0, 0.1) is 5.92 Å². The zero-order valence-corrected chi connectivity index (χ0v) is 17.2. The highest BCUT2D eigenvalue weighted by Gasteiger charge is 2.27. The summed E-state index contributed by atoms with van der Waals surface area (Å²) in [5, 5.41) is 5.86. The van der Waals surface area contributed by atoms with Crippen molar-refractivity contribution < 1.29 is 9.53 Å². The molecule has 1 aliphatic heterocycles. The Hall–Kier alpha value is -1.17. The van der Waals surface area contributed by atoms with E-state index in [1.54, 1.807) is 0 Å². The zero-order valence-electron chi connectivity index (χ0n) is 16.4. The van der Waals surface area contributed by atoms with Crippen LogP contribution < -0.4 is 0 Å². The Kier molecular flexibility index (Phi) is 7.23. The number of nitrogens with zero attached hydrogens (tertiary/aromatic N) is 3. The molecule has 0 aromatic carbocycles. The summed E-state index contributed by atoms with van der Waals surface area (Å²) in [6.45, 7) is 9.55. The van der Waals surface area contributed by atoms with Crippen LogP contribution >= 0.6 is 11.8 Å². The third kappa shape index (κ3) is 6.57. The van der Waals surface area contributed by atoms with Gasteiger partial charge >= 0.3 is 6.09 Å².